The number of hydrogen-bond acceptors (Lipinski definition) is 5. The molecule has 0 bridgehead atoms. The van der Waals surface area contributed by atoms with Crippen molar-refractivity contribution in [1.82, 2.24) is 4.98 Å². The van der Waals surface area contributed by atoms with Gasteiger partial charge in [-0.05, 0) is 29.1 Å². The van der Waals surface area contributed by atoms with Gasteiger partial charge in [0.1, 0.15) is 5.92 Å². The van der Waals surface area contributed by atoms with Crippen molar-refractivity contribution in [3.05, 3.63) is 52.5 Å². The molecule has 0 radical (unpaired) electrons. The zero-order valence-electron chi connectivity index (χ0n) is 9.74. The number of nitriles is 1. The lowest BCUT2D eigenvalue weighted by molar-refractivity contribution is 0.0983. The third-order valence-corrected chi connectivity index (χ3v) is 4.90. The Bertz CT molecular complexity index is 739. The number of thiophene rings is 2. The molecule has 0 aliphatic rings. The highest BCUT2D eigenvalue weighted by Gasteiger charge is 2.23. The van der Waals surface area contributed by atoms with E-state index in [-0.39, 0.29) is 5.78 Å². The number of ketones is 1. The molecule has 0 aliphatic carbocycles. The van der Waals surface area contributed by atoms with Crippen molar-refractivity contribution < 1.29 is 4.79 Å². The maximum Gasteiger partial charge on any atom is 0.194 e. The lowest BCUT2D eigenvalue weighted by atomic mass is 9.97. The zero-order valence-corrected chi connectivity index (χ0v) is 11.4. The molecule has 1 unspecified atom stereocenters. The van der Waals surface area contributed by atoms with Crippen molar-refractivity contribution in [2.24, 2.45) is 0 Å². The lowest BCUT2D eigenvalue weighted by Gasteiger charge is -2.05. The predicted octanol–water partition coefficient (Wildman–Crippen LogP) is 3.85. The van der Waals surface area contributed by atoms with Crippen LogP contribution in [0.4, 0.5) is 0 Å². The summed E-state index contributed by atoms with van der Waals surface area (Å²) >= 11 is 3.04. The maximum absolute atomic E-state index is 12.4. The van der Waals surface area contributed by atoms with Crippen LogP contribution in [0.1, 0.15) is 21.2 Å². The summed E-state index contributed by atoms with van der Waals surface area (Å²) in [6.07, 6.45) is 3.20. The van der Waals surface area contributed by atoms with Crippen LogP contribution in [0.3, 0.4) is 0 Å². The highest BCUT2D eigenvalue weighted by atomic mass is 32.1. The van der Waals surface area contributed by atoms with Crippen LogP contribution >= 0.6 is 22.7 Å². The zero-order chi connectivity index (χ0) is 13.2. The second-order valence-electron chi connectivity index (χ2n) is 3.97. The van der Waals surface area contributed by atoms with E-state index in [1.807, 2.05) is 17.5 Å². The molecule has 0 spiro atoms. The number of rotatable bonds is 3. The summed E-state index contributed by atoms with van der Waals surface area (Å²) in [5, 5.41) is 11.2. The molecule has 3 aromatic heterocycles. The van der Waals surface area contributed by atoms with E-state index >= 15 is 0 Å². The van der Waals surface area contributed by atoms with Gasteiger partial charge in [-0.2, -0.15) is 5.26 Å². The molecule has 92 valence electrons. The molecule has 0 aliphatic heterocycles. The summed E-state index contributed by atoms with van der Waals surface area (Å²) in [7, 11) is 0. The Morgan fingerprint density at radius 1 is 1.37 bits per heavy atom. The molecule has 3 nitrogen and oxygen atoms in total. The van der Waals surface area contributed by atoms with E-state index in [9.17, 15) is 10.1 Å². The van der Waals surface area contributed by atoms with Gasteiger partial charge in [0.15, 0.2) is 5.78 Å². The van der Waals surface area contributed by atoms with Crippen LogP contribution in [0.25, 0.3) is 9.40 Å². The van der Waals surface area contributed by atoms with Gasteiger partial charge < -0.3 is 0 Å². The third-order valence-electron chi connectivity index (χ3n) is 2.79. The number of pyridine rings is 1. The fraction of sp³-hybridized carbons (Fsp3) is 0.0714. The molecule has 1 atom stereocenters. The Morgan fingerprint density at radius 3 is 2.95 bits per heavy atom. The summed E-state index contributed by atoms with van der Waals surface area (Å²) in [5.74, 6) is -0.926. The van der Waals surface area contributed by atoms with Crippen LogP contribution in [0.15, 0.2) is 42.0 Å². The highest BCUT2D eigenvalue weighted by molar-refractivity contribution is 7.27. The minimum Gasteiger partial charge on any atom is -0.291 e. The molecular formula is C14H8N2OS2. The van der Waals surface area contributed by atoms with E-state index in [1.54, 1.807) is 35.9 Å². The van der Waals surface area contributed by atoms with E-state index < -0.39 is 5.92 Å². The highest BCUT2D eigenvalue weighted by Crippen LogP contribution is 2.32. The second-order valence-corrected chi connectivity index (χ2v) is 6.00. The molecule has 3 heterocycles. The van der Waals surface area contributed by atoms with E-state index in [2.05, 4.69) is 11.1 Å². The van der Waals surface area contributed by atoms with Crippen molar-refractivity contribution in [2.45, 2.75) is 5.92 Å². The topological polar surface area (TPSA) is 53.8 Å². The minimum atomic E-state index is -0.776. The number of carbonyl (C=O) groups excluding carboxylic acids is 1. The van der Waals surface area contributed by atoms with Crippen LogP contribution in [0.5, 0.6) is 0 Å². The largest absolute Gasteiger partial charge is 0.291 e. The molecule has 0 fully saturated rings. The average molecular weight is 284 g/mol. The maximum atomic E-state index is 12.4. The molecule has 0 amide bonds. The van der Waals surface area contributed by atoms with Crippen molar-refractivity contribution in [1.29, 1.82) is 5.26 Å². The number of nitrogens with zero attached hydrogens (tertiary/aromatic N) is 2. The molecule has 0 N–H and O–H groups in total. The van der Waals surface area contributed by atoms with Crippen LogP contribution in [-0.4, -0.2) is 10.8 Å². The van der Waals surface area contributed by atoms with Gasteiger partial charge in [-0.3, -0.25) is 9.78 Å². The van der Waals surface area contributed by atoms with Gasteiger partial charge >= 0.3 is 0 Å². The quantitative estimate of drug-likeness (QED) is 0.686. The predicted molar refractivity (Wildman–Crippen MR) is 76.6 cm³/mol. The number of Topliss-reactive ketones (excluding diaryl/α,β-unsaturated/α-hetero) is 1. The first kappa shape index (κ1) is 12.0. The van der Waals surface area contributed by atoms with E-state index in [1.165, 1.54) is 11.3 Å². The summed E-state index contributed by atoms with van der Waals surface area (Å²) in [6, 6.07) is 9.43. The summed E-state index contributed by atoms with van der Waals surface area (Å²) < 4.78 is 2.19. The first-order chi connectivity index (χ1) is 9.29. The summed E-state index contributed by atoms with van der Waals surface area (Å²) in [6.45, 7) is 0. The summed E-state index contributed by atoms with van der Waals surface area (Å²) in [5.41, 5.74) is 0.645. The minimum absolute atomic E-state index is 0.149. The van der Waals surface area contributed by atoms with E-state index in [4.69, 9.17) is 0 Å². The normalized spacial score (nSPS) is 12.2. The van der Waals surface area contributed by atoms with Gasteiger partial charge in [0.05, 0.1) is 10.9 Å². The van der Waals surface area contributed by atoms with Gasteiger partial charge in [-0.25, -0.2) is 0 Å². The average Bonchev–Trinajstić information content (AvgIpc) is 3.01. The molecule has 3 rings (SSSR count). The molecule has 0 aromatic carbocycles. The number of carbonyl (C=O) groups is 1. The molecule has 3 aromatic rings. The van der Waals surface area contributed by atoms with Gasteiger partial charge in [-0.15, -0.1) is 22.7 Å². The SMILES string of the molecule is N#CC(C(=O)c1cc2sccc2s1)c1cccnc1. The van der Waals surface area contributed by atoms with Crippen molar-refractivity contribution in [3.8, 4) is 6.07 Å². The second kappa shape index (κ2) is 4.92. The number of aromatic nitrogens is 1. The van der Waals surface area contributed by atoms with Crippen LogP contribution in [0, 0.1) is 11.3 Å². The van der Waals surface area contributed by atoms with Gasteiger partial charge in [0.25, 0.3) is 0 Å². The lowest BCUT2D eigenvalue weighted by Crippen LogP contribution is -2.09. The third kappa shape index (κ3) is 2.16. The molecule has 0 saturated heterocycles. The van der Waals surface area contributed by atoms with Crippen LogP contribution in [-0.2, 0) is 0 Å². The van der Waals surface area contributed by atoms with Crippen LogP contribution in [0.2, 0.25) is 0 Å². The van der Waals surface area contributed by atoms with Gasteiger partial charge in [-0.1, -0.05) is 6.07 Å². The van der Waals surface area contributed by atoms with Gasteiger partial charge in [0, 0.05) is 21.8 Å². The van der Waals surface area contributed by atoms with Crippen molar-refractivity contribution in [3.63, 3.8) is 0 Å². The van der Waals surface area contributed by atoms with Crippen LogP contribution < -0.4 is 0 Å². The van der Waals surface area contributed by atoms with Crippen molar-refractivity contribution >= 4 is 37.9 Å². The molecule has 5 heteroatoms. The van der Waals surface area contributed by atoms with Crippen molar-refractivity contribution in [2.75, 3.05) is 0 Å². The fourth-order valence-corrected chi connectivity index (χ4v) is 3.94. The standard InChI is InChI=1S/C14H8N2OS2/c15-7-10(9-2-1-4-16-8-9)14(17)13-6-12-11(19-13)3-5-18-12/h1-6,8,10H. The molecule has 19 heavy (non-hydrogen) atoms. The first-order valence-electron chi connectivity index (χ1n) is 5.60. The fourth-order valence-electron chi connectivity index (χ4n) is 1.86. The number of hydrogen-bond donors (Lipinski definition) is 0. The molecular weight excluding hydrogens is 276 g/mol. The first-order valence-corrected chi connectivity index (χ1v) is 7.30. The Hall–Kier alpha value is -2.03. The Balaban J connectivity index is 1.98. The van der Waals surface area contributed by atoms with E-state index in [0.29, 0.717) is 10.4 Å². The smallest absolute Gasteiger partial charge is 0.194 e. The van der Waals surface area contributed by atoms with Gasteiger partial charge in [0.2, 0.25) is 0 Å². The molecule has 0 saturated carbocycles. The summed E-state index contributed by atoms with van der Waals surface area (Å²) in [4.78, 5) is 17.0. The monoisotopic (exact) mass is 284 g/mol. The number of fused-ring (bicyclic) bond motifs is 1. The Labute approximate surface area is 117 Å². The Kier molecular flexibility index (Phi) is 3.11. The Morgan fingerprint density at radius 2 is 2.26 bits per heavy atom. The van der Waals surface area contributed by atoms with E-state index in [0.717, 1.165) is 9.40 Å².